The molecule has 0 spiro atoms. The quantitative estimate of drug-likeness (QED) is 0.558. The van der Waals surface area contributed by atoms with Crippen LogP contribution in [0.1, 0.15) is 32.6 Å². The summed E-state index contributed by atoms with van der Waals surface area (Å²) in [5.74, 6) is 0.294. The van der Waals surface area contributed by atoms with Gasteiger partial charge in [0.15, 0.2) is 0 Å². The lowest BCUT2D eigenvalue weighted by Crippen LogP contribution is -2.60. The minimum atomic E-state index is -3.43. The molecule has 3 N–H and O–H groups in total. The number of carbonyl (C=O) groups excluding carboxylic acids is 1. The lowest BCUT2D eigenvalue weighted by molar-refractivity contribution is -0.126. The summed E-state index contributed by atoms with van der Waals surface area (Å²) >= 11 is 1.56. The molecule has 1 unspecified atom stereocenters. The van der Waals surface area contributed by atoms with Crippen LogP contribution in [0.5, 0.6) is 0 Å². The summed E-state index contributed by atoms with van der Waals surface area (Å²) in [7, 11) is -3.43. The molecule has 6 nitrogen and oxygen atoms in total. The summed E-state index contributed by atoms with van der Waals surface area (Å²) in [5, 5.41) is 12.2. The SMILES string of the molecule is CCS(=O)(=O)NC(CCSC)C(=O)NC1(CO)CCC1. The molecular formula is C12H24N2O4S2. The van der Waals surface area contributed by atoms with Crippen molar-refractivity contribution in [2.24, 2.45) is 0 Å². The number of nitrogens with one attached hydrogen (secondary N) is 2. The van der Waals surface area contributed by atoms with Gasteiger partial charge in [-0.3, -0.25) is 4.79 Å². The Hall–Kier alpha value is -0.310. The van der Waals surface area contributed by atoms with Crippen molar-refractivity contribution in [3.63, 3.8) is 0 Å². The molecule has 1 rings (SSSR count). The van der Waals surface area contributed by atoms with Crippen molar-refractivity contribution in [2.45, 2.75) is 44.2 Å². The average Bonchev–Trinajstić information content (AvgIpc) is 2.38. The van der Waals surface area contributed by atoms with Gasteiger partial charge in [-0.25, -0.2) is 13.1 Å². The number of thioether (sulfide) groups is 1. The molecule has 0 radical (unpaired) electrons. The van der Waals surface area contributed by atoms with Crippen molar-refractivity contribution < 1.29 is 18.3 Å². The topological polar surface area (TPSA) is 95.5 Å². The number of sulfonamides is 1. The molecule has 0 heterocycles. The van der Waals surface area contributed by atoms with E-state index in [0.29, 0.717) is 12.2 Å². The molecule has 0 bridgehead atoms. The summed E-state index contributed by atoms with van der Waals surface area (Å²) < 4.78 is 25.7. The van der Waals surface area contributed by atoms with E-state index in [1.807, 2.05) is 6.26 Å². The number of hydrogen-bond donors (Lipinski definition) is 3. The van der Waals surface area contributed by atoms with Crippen molar-refractivity contribution in [1.29, 1.82) is 0 Å². The van der Waals surface area contributed by atoms with Gasteiger partial charge in [-0.1, -0.05) is 0 Å². The van der Waals surface area contributed by atoms with Gasteiger partial charge in [-0.2, -0.15) is 11.8 Å². The fraction of sp³-hybridized carbons (Fsp3) is 0.917. The first-order valence-corrected chi connectivity index (χ1v) is 9.84. The summed E-state index contributed by atoms with van der Waals surface area (Å²) in [4.78, 5) is 12.3. The lowest BCUT2D eigenvalue weighted by Gasteiger charge is -2.41. The van der Waals surface area contributed by atoms with E-state index in [9.17, 15) is 18.3 Å². The molecule has 1 saturated carbocycles. The van der Waals surface area contributed by atoms with Gasteiger partial charge in [0.2, 0.25) is 15.9 Å². The Kier molecular flexibility index (Phi) is 6.77. The van der Waals surface area contributed by atoms with Crippen LogP contribution in [0.3, 0.4) is 0 Å². The van der Waals surface area contributed by atoms with Gasteiger partial charge in [-0.15, -0.1) is 0 Å². The van der Waals surface area contributed by atoms with Crippen molar-refractivity contribution >= 4 is 27.7 Å². The van der Waals surface area contributed by atoms with Gasteiger partial charge in [-0.05, 0) is 44.6 Å². The van der Waals surface area contributed by atoms with E-state index in [-0.39, 0.29) is 18.3 Å². The van der Waals surface area contributed by atoms with E-state index in [0.717, 1.165) is 19.3 Å². The Bertz CT molecular complexity index is 416. The zero-order valence-corrected chi connectivity index (χ0v) is 13.6. The summed E-state index contributed by atoms with van der Waals surface area (Å²) in [6.07, 6.45) is 4.80. The number of hydrogen-bond acceptors (Lipinski definition) is 5. The van der Waals surface area contributed by atoms with Gasteiger partial charge in [0, 0.05) is 0 Å². The Morgan fingerprint density at radius 3 is 2.50 bits per heavy atom. The number of carbonyl (C=O) groups is 1. The van der Waals surface area contributed by atoms with Crippen LogP contribution >= 0.6 is 11.8 Å². The van der Waals surface area contributed by atoms with Crippen LogP contribution in [0.15, 0.2) is 0 Å². The zero-order valence-electron chi connectivity index (χ0n) is 12.0. The van der Waals surface area contributed by atoms with E-state index in [1.54, 1.807) is 11.8 Å². The first kappa shape index (κ1) is 17.7. The van der Waals surface area contributed by atoms with Crippen molar-refractivity contribution in [1.82, 2.24) is 10.0 Å². The molecule has 0 aromatic carbocycles. The molecule has 8 heteroatoms. The molecule has 0 aliphatic heterocycles. The highest BCUT2D eigenvalue weighted by molar-refractivity contribution is 7.98. The van der Waals surface area contributed by atoms with Crippen LogP contribution in [-0.4, -0.2) is 55.4 Å². The van der Waals surface area contributed by atoms with Crippen LogP contribution in [0.25, 0.3) is 0 Å². The Balaban J connectivity index is 2.68. The predicted molar refractivity (Wildman–Crippen MR) is 81.2 cm³/mol. The Labute approximate surface area is 125 Å². The summed E-state index contributed by atoms with van der Waals surface area (Å²) in [5.41, 5.74) is -0.549. The van der Waals surface area contributed by atoms with E-state index >= 15 is 0 Å². The minimum absolute atomic E-state index is 0.0544. The molecule has 1 amide bonds. The number of amides is 1. The number of rotatable bonds is 9. The Morgan fingerprint density at radius 2 is 2.10 bits per heavy atom. The monoisotopic (exact) mass is 324 g/mol. The molecular weight excluding hydrogens is 300 g/mol. The minimum Gasteiger partial charge on any atom is -0.394 e. The maximum atomic E-state index is 12.3. The molecule has 20 heavy (non-hydrogen) atoms. The van der Waals surface area contributed by atoms with Crippen molar-refractivity contribution in [3.05, 3.63) is 0 Å². The standard InChI is InChI=1S/C12H24N2O4S2/c1-3-20(17,18)14-10(5-8-19-2)11(16)13-12(9-15)6-4-7-12/h10,14-15H,3-9H2,1-2H3,(H,13,16). The third kappa shape index (κ3) is 4.91. The second-order valence-electron chi connectivity index (χ2n) is 5.14. The smallest absolute Gasteiger partial charge is 0.238 e. The van der Waals surface area contributed by atoms with Gasteiger partial charge in [0.05, 0.1) is 17.9 Å². The number of aliphatic hydroxyl groups is 1. The Morgan fingerprint density at radius 1 is 1.45 bits per heavy atom. The van der Waals surface area contributed by atoms with Crippen LogP contribution in [0.2, 0.25) is 0 Å². The second-order valence-corrected chi connectivity index (χ2v) is 8.16. The highest BCUT2D eigenvalue weighted by Gasteiger charge is 2.39. The normalized spacial score (nSPS) is 19.1. The fourth-order valence-electron chi connectivity index (χ4n) is 2.05. The maximum Gasteiger partial charge on any atom is 0.238 e. The molecule has 1 fully saturated rings. The summed E-state index contributed by atoms with van der Waals surface area (Å²) in [6, 6.07) is -0.767. The third-order valence-corrected chi connectivity index (χ3v) is 5.68. The van der Waals surface area contributed by atoms with Crippen LogP contribution in [0, 0.1) is 0 Å². The largest absolute Gasteiger partial charge is 0.394 e. The predicted octanol–water partition coefficient (Wildman–Crippen LogP) is 0.0786. The molecule has 1 aliphatic carbocycles. The van der Waals surface area contributed by atoms with Crippen LogP contribution < -0.4 is 10.0 Å². The molecule has 0 aromatic heterocycles. The van der Waals surface area contributed by atoms with Gasteiger partial charge < -0.3 is 10.4 Å². The van der Waals surface area contributed by atoms with Gasteiger partial charge in [0.1, 0.15) is 6.04 Å². The van der Waals surface area contributed by atoms with Crippen LogP contribution in [0.4, 0.5) is 0 Å². The number of aliphatic hydroxyl groups excluding tert-OH is 1. The molecule has 118 valence electrons. The van der Waals surface area contributed by atoms with E-state index in [1.165, 1.54) is 6.92 Å². The maximum absolute atomic E-state index is 12.3. The molecule has 1 aliphatic rings. The molecule has 0 aromatic rings. The molecule has 0 saturated heterocycles. The van der Waals surface area contributed by atoms with E-state index in [2.05, 4.69) is 10.0 Å². The van der Waals surface area contributed by atoms with Gasteiger partial charge in [0.25, 0.3) is 0 Å². The second kappa shape index (κ2) is 7.63. The average molecular weight is 324 g/mol. The van der Waals surface area contributed by atoms with Crippen LogP contribution in [-0.2, 0) is 14.8 Å². The summed E-state index contributed by atoms with van der Waals surface area (Å²) in [6.45, 7) is 1.43. The first-order chi connectivity index (χ1) is 9.38. The van der Waals surface area contributed by atoms with Gasteiger partial charge >= 0.3 is 0 Å². The molecule has 1 atom stereocenters. The third-order valence-electron chi connectivity index (χ3n) is 3.63. The van der Waals surface area contributed by atoms with E-state index < -0.39 is 21.6 Å². The highest BCUT2D eigenvalue weighted by atomic mass is 32.2. The zero-order chi connectivity index (χ0) is 15.2. The van der Waals surface area contributed by atoms with Crippen molar-refractivity contribution in [3.8, 4) is 0 Å². The van der Waals surface area contributed by atoms with Crippen molar-refractivity contribution in [2.75, 3.05) is 24.4 Å². The lowest BCUT2D eigenvalue weighted by atomic mass is 9.77. The highest BCUT2D eigenvalue weighted by Crippen LogP contribution is 2.31. The fourth-order valence-corrected chi connectivity index (χ4v) is 3.35. The first-order valence-electron chi connectivity index (χ1n) is 6.80. The van der Waals surface area contributed by atoms with E-state index in [4.69, 9.17) is 0 Å².